The van der Waals surface area contributed by atoms with Crippen LogP contribution in [0.25, 0.3) is 5.57 Å². The number of rotatable bonds is 2. The van der Waals surface area contributed by atoms with E-state index in [1.807, 2.05) is 0 Å². The van der Waals surface area contributed by atoms with E-state index in [9.17, 15) is 35.9 Å². The second kappa shape index (κ2) is 9.27. The molecule has 0 atom stereocenters. The van der Waals surface area contributed by atoms with Gasteiger partial charge in [-0.15, -0.1) is 0 Å². The molecule has 4 rings (SSSR count). The third-order valence-corrected chi connectivity index (χ3v) is 5.77. The lowest BCUT2D eigenvalue weighted by Gasteiger charge is -2.30. The van der Waals surface area contributed by atoms with Crippen LogP contribution in [0.1, 0.15) is 36.0 Å². The molecule has 1 N–H and O–H groups in total. The number of hydrogen-bond donors (Lipinski definition) is 1. The smallest absolute Gasteiger partial charge is 0.471 e. The number of halogens is 6. The van der Waals surface area contributed by atoms with Crippen LogP contribution in [0.5, 0.6) is 5.75 Å². The Balaban J connectivity index is 1.58. The number of nitrogens with zero attached hydrogens (tertiary/aromatic N) is 1. The molecule has 0 unspecified atom stereocenters. The highest BCUT2D eigenvalue weighted by atomic mass is 19.4. The van der Waals surface area contributed by atoms with Crippen LogP contribution in [0.4, 0.5) is 37.7 Å². The molecule has 2 aromatic carbocycles. The van der Waals surface area contributed by atoms with E-state index in [1.165, 1.54) is 24.3 Å². The Labute approximate surface area is 196 Å². The van der Waals surface area contributed by atoms with E-state index in [-0.39, 0.29) is 30.3 Å². The molecule has 0 saturated carbocycles. The van der Waals surface area contributed by atoms with E-state index in [2.05, 4.69) is 5.32 Å². The fourth-order valence-electron chi connectivity index (χ4n) is 4.17. The molecule has 11 heteroatoms. The Hall–Kier alpha value is -3.50. The van der Waals surface area contributed by atoms with E-state index in [1.54, 1.807) is 6.07 Å². The van der Waals surface area contributed by atoms with Crippen molar-refractivity contribution in [1.29, 1.82) is 0 Å². The average Bonchev–Trinajstić information content (AvgIpc) is 2.98. The van der Waals surface area contributed by atoms with E-state index < -0.39 is 29.7 Å². The molecule has 0 aromatic heterocycles. The van der Waals surface area contributed by atoms with E-state index in [0.29, 0.717) is 47.3 Å². The number of alkyl halides is 6. The maximum Gasteiger partial charge on any atom is 0.471 e. The SMILES string of the molecule is O=C(C=C1CCCOc2cc(C(F)(F)F)ccc21)Nc1ccc2c(c1)N(C(=O)C(F)(F)F)CCC2. The van der Waals surface area contributed by atoms with Crippen LogP contribution < -0.4 is 15.0 Å². The summed E-state index contributed by atoms with van der Waals surface area (Å²) < 4.78 is 83.6. The lowest BCUT2D eigenvalue weighted by molar-refractivity contribution is -0.170. The van der Waals surface area contributed by atoms with Crippen molar-refractivity contribution in [3.63, 3.8) is 0 Å². The Bertz CT molecular complexity index is 1190. The minimum absolute atomic E-state index is 0.0199. The quantitative estimate of drug-likeness (QED) is 0.424. The first-order valence-electron chi connectivity index (χ1n) is 10.8. The van der Waals surface area contributed by atoms with Gasteiger partial charge >= 0.3 is 18.3 Å². The summed E-state index contributed by atoms with van der Waals surface area (Å²) in [6, 6.07) is 7.45. The van der Waals surface area contributed by atoms with Gasteiger partial charge in [0.05, 0.1) is 12.2 Å². The first kappa shape index (κ1) is 24.6. The number of hydrogen-bond acceptors (Lipinski definition) is 3. The third-order valence-electron chi connectivity index (χ3n) is 5.77. The second-order valence-electron chi connectivity index (χ2n) is 8.22. The molecule has 5 nitrogen and oxygen atoms in total. The summed E-state index contributed by atoms with van der Waals surface area (Å²) in [5, 5.41) is 2.57. The number of aryl methyl sites for hydroxylation is 1. The Morgan fingerprint density at radius 1 is 0.971 bits per heavy atom. The minimum Gasteiger partial charge on any atom is -0.493 e. The molecule has 0 aliphatic carbocycles. The Kier molecular flexibility index (Phi) is 6.52. The second-order valence-corrected chi connectivity index (χ2v) is 8.22. The number of fused-ring (bicyclic) bond motifs is 2. The molecule has 0 saturated heterocycles. The number of benzene rings is 2. The molecule has 0 bridgehead atoms. The molecular weight excluding hydrogens is 478 g/mol. The molecule has 2 aliphatic rings. The molecule has 2 amide bonds. The van der Waals surface area contributed by atoms with Crippen molar-refractivity contribution in [3.05, 3.63) is 59.2 Å². The van der Waals surface area contributed by atoms with Gasteiger partial charge in [0.1, 0.15) is 5.75 Å². The van der Waals surface area contributed by atoms with Crippen LogP contribution in [0.2, 0.25) is 0 Å². The summed E-state index contributed by atoms with van der Waals surface area (Å²) in [6.07, 6.45) is -6.61. The van der Waals surface area contributed by atoms with Crippen LogP contribution in [-0.4, -0.2) is 31.1 Å². The van der Waals surface area contributed by atoms with Gasteiger partial charge in [0.15, 0.2) is 0 Å². The van der Waals surface area contributed by atoms with Gasteiger partial charge in [-0.2, -0.15) is 26.3 Å². The van der Waals surface area contributed by atoms with Gasteiger partial charge in [-0.3, -0.25) is 9.59 Å². The number of amides is 2. The zero-order chi connectivity index (χ0) is 25.4. The zero-order valence-electron chi connectivity index (χ0n) is 18.2. The van der Waals surface area contributed by atoms with E-state index in [4.69, 9.17) is 4.74 Å². The summed E-state index contributed by atoms with van der Waals surface area (Å²) in [7, 11) is 0. The van der Waals surface area contributed by atoms with E-state index in [0.717, 1.165) is 12.1 Å². The van der Waals surface area contributed by atoms with Gasteiger partial charge in [-0.25, -0.2) is 0 Å². The van der Waals surface area contributed by atoms with Crippen LogP contribution in [0, 0.1) is 0 Å². The minimum atomic E-state index is -5.03. The Morgan fingerprint density at radius 2 is 1.74 bits per heavy atom. The van der Waals surface area contributed by atoms with E-state index >= 15 is 0 Å². The van der Waals surface area contributed by atoms with Crippen molar-refractivity contribution < 1.29 is 40.7 Å². The van der Waals surface area contributed by atoms with Crippen molar-refractivity contribution >= 4 is 28.8 Å². The normalized spacial score (nSPS) is 17.2. The van der Waals surface area contributed by atoms with Crippen molar-refractivity contribution in [1.82, 2.24) is 0 Å². The van der Waals surface area contributed by atoms with Gasteiger partial charge in [-0.1, -0.05) is 12.1 Å². The molecule has 2 heterocycles. The largest absolute Gasteiger partial charge is 0.493 e. The number of carbonyl (C=O) groups excluding carboxylic acids is 2. The van der Waals surface area contributed by atoms with Gasteiger partial charge in [0, 0.05) is 29.6 Å². The van der Waals surface area contributed by atoms with Crippen LogP contribution in [-0.2, 0) is 22.2 Å². The molecule has 2 aromatic rings. The molecular formula is C24H20F6N2O3. The topological polar surface area (TPSA) is 58.6 Å². The molecule has 2 aliphatic heterocycles. The van der Waals surface area contributed by atoms with Crippen molar-refractivity contribution in [2.24, 2.45) is 0 Å². The monoisotopic (exact) mass is 498 g/mol. The number of allylic oxidation sites excluding steroid dienone is 1. The lowest BCUT2D eigenvalue weighted by atomic mass is 9.98. The van der Waals surface area contributed by atoms with Gasteiger partial charge in [-0.05, 0) is 61.1 Å². The first-order chi connectivity index (χ1) is 16.4. The number of carbonyl (C=O) groups is 2. The average molecular weight is 498 g/mol. The highest BCUT2D eigenvalue weighted by Crippen LogP contribution is 2.38. The highest BCUT2D eigenvalue weighted by Gasteiger charge is 2.44. The van der Waals surface area contributed by atoms with Gasteiger partial charge in [0.2, 0.25) is 5.91 Å². The highest BCUT2D eigenvalue weighted by molar-refractivity contribution is 6.05. The number of nitrogens with one attached hydrogen (secondary N) is 1. The summed E-state index contributed by atoms with van der Waals surface area (Å²) >= 11 is 0. The summed E-state index contributed by atoms with van der Waals surface area (Å²) in [4.78, 5) is 25.2. The molecule has 186 valence electrons. The molecule has 0 spiro atoms. The Morgan fingerprint density at radius 3 is 2.46 bits per heavy atom. The van der Waals surface area contributed by atoms with Crippen LogP contribution >= 0.6 is 0 Å². The molecule has 0 radical (unpaired) electrons. The van der Waals surface area contributed by atoms with Gasteiger partial charge < -0.3 is 15.0 Å². The van der Waals surface area contributed by atoms with Gasteiger partial charge in [0.25, 0.3) is 0 Å². The van der Waals surface area contributed by atoms with Crippen molar-refractivity contribution in [3.8, 4) is 5.75 Å². The maximum absolute atomic E-state index is 13.1. The number of ether oxygens (including phenoxy) is 1. The first-order valence-corrected chi connectivity index (χ1v) is 10.8. The van der Waals surface area contributed by atoms with Crippen molar-refractivity contribution in [2.45, 2.75) is 38.0 Å². The predicted molar refractivity (Wildman–Crippen MR) is 116 cm³/mol. The zero-order valence-corrected chi connectivity index (χ0v) is 18.2. The third kappa shape index (κ3) is 5.44. The standard InChI is InChI=1S/C24H20F6N2O3/c25-23(26,27)16-6-8-18-15(4-2-10-35-20(18)12-16)11-21(33)31-17-7-5-14-3-1-9-32(19(14)13-17)22(34)24(28,29)30/h5-8,11-13H,1-4,9-10H2,(H,31,33). The lowest BCUT2D eigenvalue weighted by Crippen LogP contribution is -2.43. The fraction of sp³-hybridized carbons (Fsp3) is 0.333. The molecule has 0 fully saturated rings. The molecule has 35 heavy (non-hydrogen) atoms. The summed E-state index contributed by atoms with van der Waals surface area (Å²) in [5.74, 6) is -2.57. The summed E-state index contributed by atoms with van der Waals surface area (Å²) in [5.41, 5.74) is 0.782. The number of anilines is 2. The van der Waals surface area contributed by atoms with Crippen LogP contribution in [0.15, 0.2) is 42.5 Å². The van der Waals surface area contributed by atoms with Crippen LogP contribution in [0.3, 0.4) is 0 Å². The maximum atomic E-state index is 13.1. The predicted octanol–water partition coefficient (Wildman–Crippen LogP) is 5.74. The fourth-order valence-corrected chi connectivity index (χ4v) is 4.17. The summed E-state index contributed by atoms with van der Waals surface area (Å²) in [6.45, 7) is 0.0879. The van der Waals surface area contributed by atoms with Crippen molar-refractivity contribution in [2.75, 3.05) is 23.4 Å².